The van der Waals surface area contributed by atoms with Crippen molar-refractivity contribution in [1.29, 1.82) is 0 Å². The summed E-state index contributed by atoms with van der Waals surface area (Å²) < 4.78 is 18.8. The van der Waals surface area contributed by atoms with Crippen molar-refractivity contribution in [2.45, 2.75) is 6.54 Å². The highest BCUT2D eigenvalue weighted by Crippen LogP contribution is 2.26. The fourth-order valence-corrected chi connectivity index (χ4v) is 3.39. The number of benzene rings is 2. The molecule has 28 heavy (non-hydrogen) atoms. The summed E-state index contributed by atoms with van der Waals surface area (Å²) in [5.74, 6) is -0.122. The number of piperazine rings is 1. The van der Waals surface area contributed by atoms with Gasteiger partial charge in [0.1, 0.15) is 17.1 Å². The van der Waals surface area contributed by atoms with Gasteiger partial charge < -0.3 is 9.64 Å². The van der Waals surface area contributed by atoms with Crippen molar-refractivity contribution in [1.82, 2.24) is 9.80 Å². The summed E-state index contributed by atoms with van der Waals surface area (Å²) in [5.41, 5.74) is 0.453. The Hall–Kier alpha value is -2.71. The molecule has 3 rings (SSSR count). The molecule has 7 nitrogen and oxygen atoms in total. The lowest BCUT2D eigenvalue weighted by Gasteiger charge is -2.35. The molecule has 0 saturated carbocycles. The molecule has 0 unspecified atom stereocenters. The van der Waals surface area contributed by atoms with E-state index in [2.05, 4.69) is 4.90 Å². The van der Waals surface area contributed by atoms with E-state index in [-0.39, 0.29) is 22.1 Å². The molecule has 0 spiro atoms. The second-order valence-corrected chi connectivity index (χ2v) is 6.88. The number of carbonyl (C=O) groups is 1. The maximum Gasteiger partial charge on any atom is 0.283 e. The fraction of sp³-hybridized carbons (Fsp3) is 0.316. The Kier molecular flexibility index (Phi) is 6.11. The maximum absolute atomic E-state index is 13.5. The number of carbonyl (C=O) groups excluding carboxylic acids is 1. The zero-order valence-corrected chi connectivity index (χ0v) is 16.0. The Morgan fingerprint density at radius 1 is 1.21 bits per heavy atom. The third kappa shape index (κ3) is 4.40. The molecule has 1 aliphatic rings. The van der Waals surface area contributed by atoms with Gasteiger partial charge in [-0.05, 0) is 30.3 Å². The van der Waals surface area contributed by atoms with Crippen LogP contribution in [0.1, 0.15) is 15.9 Å². The lowest BCUT2D eigenvalue weighted by atomic mass is 10.1. The van der Waals surface area contributed by atoms with Crippen molar-refractivity contribution in [2.75, 3.05) is 33.3 Å². The van der Waals surface area contributed by atoms with Gasteiger partial charge in [0.2, 0.25) is 0 Å². The van der Waals surface area contributed by atoms with E-state index in [1.807, 2.05) is 0 Å². The van der Waals surface area contributed by atoms with E-state index in [4.69, 9.17) is 16.3 Å². The standard InChI is InChI=1S/C19H19ClFN3O4/c1-28-18-5-3-15(21)10-13(18)12-22-6-8-23(9-7-22)19(25)16-4-2-14(20)11-17(16)24(26)27/h2-5,10-11H,6-9,12H2,1H3. The van der Waals surface area contributed by atoms with Crippen molar-refractivity contribution in [2.24, 2.45) is 0 Å². The van der Waals surface area contributed by atoms with Crippen LogP contribution in [-0.4, -0.2) is 53.9 Å². The molecule has 1 amide bonds. The molecule has 0 bridgehead atoms. The predicted molar refractivity (Wildman–Crippen MR) is 102 cm³/mol. The van der Waals surface area contributed by atoms with Gasteiger partial charge in [-0.1, -0.05) is 11.6 Å². The van der Waals surface area contributed by atoms with E-state index in [1.165, 1.54) is 37.4 Å². The van der Waals surface area contributed by atoms with Crippen LogP contribution in [0.4, 0.5) is 10.1 Å². The van der Waals surface area contributed by atoms with Crippen LogP contribution in [0.3, 0.4) is 0 Å². The third-order valence-electron chi connectivity index (χ3n) is 4.68. The molecular formula is C19H19ClFN3O4. The van der Waals surface area contributed by atoms with Gasteiger partial charge in [0, 0.05) is 49.4 Å². The number of ether oxygens (including phenoxy) is 1. The van der Waals surface area contributed by atoms with Gasteiger partial charge in [-0.3, -0.25) is 19.8 Å². The summed E-state index contributed by atoms with van der Waals surface area (Å²) in [6, 6.07) is 8.40. The van der Waals surface area contributed by atoms with Crippen LogP contribution in [-0.2, 0) is 6.54 Å². The molecule has 1 heterocycles. The topological polar surface area (TPSA) is 75.9 Å². The molecule has 0 aromatic heterocycles. The highest BCUT2D eigenvalue weighted by atomic mass is 35.5. The smallest absolute Gasteiger partial charge is 0.283 e. The van der Waals surface area contributed by atoms with Gasteiger partial charge in [-0.2, -0.15) is 0 Å². The van der Waals surface area contributed by atoms with Gasteiger partial charge in [-0.25, -0.2) is 4.39 Å². The first kappa shape index (κ1) is 20.0. The van der Waals surface area contributed by atoms with Crippen molar-refractivity contribution in [3.63, 3.8) is 0 Å². The number of rotatable bonds is 5. The number of nitrogens with zero attached hydrogens (tertiary/aromatic N) is 3. The Morgan fingerprint density at radius 2 is 1.93 bits per heavy atom. The fourth-order valence-electron chi connectivity index (χ4n) is 3.23. The van der Waals surface area contributed by atoms with Gasteiger partial charge in [0.15, 0.2) is 0 Å². The second kappa shape index (κ2) is 8.53. The summed E-state index contributed by atoms with van der Waals surface area (Å²) in [7, 11) is 1.53. The molecule has 1 saturated heterocycles. The highest BCUT2D eigenvalue weighted by molar-refractivity contribution is 6.31. The molecular weight excluding hydrogens is 389 g/mol. The van der Waals surface area contributed by atoms with Crippen molar-refractivity contribution in [3.05, 3.63) is 68.5 Å². The average Bonchev–Trinajstić information content (AvgIpc) is 2.68. The van der Waals surface area contributed by atoms with Crippen LogP contribution in [0.5, 0.6) is 5.75 Å². The van der Waals surface area contributed by atoms with Crippen LogP contribution in [0.15, 0.2) is 36.4 Å². The molecule has 1 aliphatic heterocycles. The van der Waals surface area contributed by atoms with Crippen LogP contribution >= 0.6 is 11.6 Å². The van der Waals surface area contributed by atoms with Crippen LogP contribution in [0.25, 0.3) is 0 Å². The first-order chi connectivity index (χ1) is 13.4. The van der Waals surface area contributed by atoms with Crippen LogP contribution < -0.4 is 4.74 Å². The molecule has 0 N–H and O–H groups in total. The minimum absolute atomic E-state index is 0.0228. The Bertz CT molecular complexity index is 901. The highest BCUT2D eigenvalue weighted by Gasteiger charge is 2.28. The van der Waals surface area contributed by atoms with Crippen molar-refractivity contribution in [3.8, 4) is 5.75 Å². The zero-order valence-electron chi connectivity index (χ0n) is 15.2. The van der Waals surface area contributed by atoms with E-state index >= 15 is 0 Å². The minimum Gasteiger partial charge on any atom is -0.496 e. The lowest BCUT2D eigenvalue weighted by molar-refractivity contribution is -0.385. The van der Waals surface area contributed by atoms with Crippen LogP contribution in [0, 0.1) is 15.9 Å². The van der Waals surface area contributed by atoms with E-state index in [0.717, 1.165) is 5.56 Å². The normalized spacial score (nSPS) is 14.8. The second-order valence-electron chi connectivity index (χ2n) is 6.44. The molecule has 0 aliphatic carbocycles. The summed E-state index contributed by atoms with van der Waals surface area (Å²) >= 11 is 5.81. The number of nitro groups is 1. The van der Waals surface area contributed by atoms with Crippen molar-refractivity contribution < 1.29 is 18.8 Å². The molecule has 9 heteroatoms. The quantitative estimate of drug-likeness (QED) is 0.561. The molecule has 1 fully saturated rings. The number of amides is 1. The third-order valence-corrected chi connectivity index (χ3v) is 4.92. The predicted octanol–water partition coefficient (Wildman–Crippen LogP) is 3.35. The van der Waals surface area contributed by atoms with E-state index < -0.39 is 10.8 Å². The SMILES string of the molecule is COc1ccc(F)cc1CN1CCN(C(=O)c2ccc(Cl)cc2[N+](=O)[O-])CC1. The Balaban J connectivity index is 1.67. The summed E-state index contributed by atoms with van der Waals surface area (Å²) in [5, 5.41) is 11.4. The Labute approximate surface area is 166 Å². The van der Waals surface area contributed by atoms with Crippen molar-refractivity contribution >= 4 is 23.2 Å². The number of hydrogen-bond donors (Lipinski definition) is 0. The van der Waals surface area contributed by atoms with Crippen LogP contribution in [0.2, 0.25) is 5.02 Å². The van der Waals surface area contributed by atoms with Gasteiger partial charge in [-0.15, -0.1) is 0 Å². The molecule has 148 valence electrons. The zero-order chi connectivity index (χ0) is 20.3. The van der Waals surface area contributed by atoms with E-state index in [0.29, 0.717) is 38.5 Å². The summed E-state index contributed by atoms with van der Waals surface area (Å²) in [6.45, 7) is 2.44. The first-order valence-electron chi connectivity index (χ1n) is 8.67. The maximum atomic E-state index is 13.5. The minimum atomic E-state index is -0.606. The van der Waals surface area contributed by atoms with E-state index in [9.17, 15) is 19.3 Å². The number of nitro benzene ring substituents is 1. The van der Waals surface area contributed by atoms with Gasteiger partial charge in [0.05, 0.1) is 12.0 Å². The Morgan fingerprint density at radius 3 is 2.57 bits per heavy atom. The number of halogens is 2. The molecule has 0 radical (unpaired) electrons. The monoisotopic (exact) mass is 407 g/mol. The molecule has 2 aromatic rings. The average molecular weight is 408 g/mol. The molecule has 2 aromatic carbocycles. The van der Waals surface area contributed by atoms with E-state index in [1.54, 1.807) is 11.0 Å². The van der Waals surface area contributed by atoms with Gasteiger partial charge >= 0.3 is 0 Å². The number of methoxy groups -OCH3 is 1. The lowest BCUT2D eigenvalue weighted by Crippen LogP contribution is -2.48. The molecule has 0 atom stereocenters. The first-order valence-corrected chi connectivity index (χ1v) is 9.05. The largest absolute Gasteiger partial charge is 0.496 e. The summed E-state index contributed by atoms with van der Waals surface area (Å²) in [4.78, 5) is 27.0. The number of hydrogen-bond acceptors (Lipinski definition) is 5. The van der Waals surface area contributed by atoms with Gasteiger partial charge in [0.25, 0.3) is 11.6 Å². The summed E-state index contributed by atoms with van der Waals surface area (Å²) in [6.07, 6.45) is 0.